The van der Waals surface area contributed by atoms with Crippen LogP contribution in [0.1, 0.15) is 95.9 Å². The summed E-state index contributed by atoms with van der Waals surface area (Å²) in [6.45, 7) is 7.83. The van der Waals surface area contributed by atoms with Crippen LogP contribution in [0.25, 0.3) is 6.08 Å². The van der Waals surface area contributed by atoms with E-state index in [1.54, 1.807) is 13.8 Å². The Labute approximate surface area is 308 Å². The second-order valence-corrected chi connectivity index (χ2v) is 11.8. The number of hydrogen-bond donors (Lipinski definition) is 0. The van der Waals surface area contributed by atoms with Crippen molar-refractivity contribution in [2.45, 2.75) is 59.0 Å². The minimum absolute atomic E-state index is 0. The van der Waals surface area contributed by atoms with E-state index in [1.807, 2.05) is 0 Å². The molecule has 2 atom stereocenters. The molecule has 1 fully saturated rings. The van der Waals surface area contributed by atoms with Gasteiger partial charge in [0.2, 0.25) is 0 Å². The van der Waals surface area contributed by atoms with Gasteiger partial charge in [0.25, 0.3) is 0 Å². The van der Waals surface area contributed by atoms with E-state index in [-0.39, 0.29) is 68.8 Å². The predicted octanol–water partition coefficient (Wildman–Crippen LogP) is 8.83. The summed E-state index contributed by atoms with van der Waals surface area (Å²) in [5.41, 5.74) is 0.981. The van der Waals surface area contributed by atoms with Crippen molar-refractivity contribution < 1.29 is 41.4 Å². The Morgan fingerprint density at radius 2 is 1.33 bits per heavy atom. The van der Waals surface area contributed by atoms with Crippen molar-refractivity contribution in [2.24, 2.45) is 0 Å². The largest absolute Gasteiger partial charge is 0.504 e. The Balaban J connectivity index is 0.000000305. The molecule has 1 saturated heterocycles. The van der Waals surface area contributed by atoms with Gasteiger partial charge >= 0.3 is 0 Å². The van der Waals surface area contributed by atoms with E-state index in [9.17, 15) is 31.9 Å². The summed E-state index contributed by atoms with van der Waals surface area (Å²) in [6, 6.07) is 6.24. The Kier molecular flexibility index (Phi) is 17.0. The molecule has 1 aliphatic heterocycles. The molecule has 1 aliphatic rings. The van der Waals surface area contributed by atoms with Crippen molar-refractivity contribution in [3.05, 3.63) is 110 Å². The van der Waals surface area contributed by atoms with Gasteiger partial charge in [0.15, 0.2) is 34.8 Å². The van der Waals surface area contributed by atoms with Crippen molar-refractivity contribution in [3.63, 3.8) is 0 Å². The topological polar surface area (TPSA) is 105 Å². The summed E-state index contributed by atoms with van der Waals surface area (Å²) in [5, 5.41) is 8.41. The number of rotatable bonds is 10. The zero-order valence-corrected chi connectivity index (χ0v) is 30.7. The first-order valence-electron chi connectivity index (χ1n) is 15.4. The summed E-state index contributed by atoms with van der Waals surface area (Å²) in [4.78, 5) is 34.1. The third-order valence-corrected chi connectivity index (χ3v) is 8.36. The van der Waals surface area contributed by atoms with Crippen LogP contribution in [0.4, 0.5) is 17.6 Å². The maximum absolute atomic E-state index is 14.0. The highest BCUT2D eigenvalue weighted by molar-refractivity contribution is 6.32. The van der Waals surface area contributed by atoms with Crippen LogP contribution in [0, 0.1) is 23.3 Å². The number of methoxy groups -OCH3 is 1. The molecule has 0 aliphatic carbocycles. The fourth-order valence-corrected chi connectivity index (χ4v) is 5.63. The van der Waals surface area contributed by atoms with E-state index >= 15 is 0 Å². The second kappa shape index (κ2) is 20.1. The van der Waals surface area contributed by atoms with Gasteiger partial charge in [-0.2, -0.15) is 10.2 Å². The number of ketones is 2. The van der Waals surface area contributed by atoms with Crippen LogP contribution in [-0.4, -0.2) is 57.7 Å². The number of halogens is 7. The van der Waals surface area contributed by atoms with Crippen molar-refractivity contribution in [2.75, 3.05) is 20.3 Å². The van der Waals surface area contributed by atoms with E-state index in [1.165, 1.54) is 79.8 Å². The molecule has 0 N–H and O–H groups in total. The molecule has 4 aromatic rings. The molecule has 276 valence electrons. The normalized spacial score (nSPS) is 13.3. The first kappa shape index (κ1) is 43.1. The average Bonchev–Trinajstić information content (AvgIpc) is 3.84. The number of ether oxygens (including phenoxy) is 2. The van der Waals surface area contributed by atoms with Gasteiger partial charge in [-0.25, -0.2) is 26.9 Å². The van der Waals surface area contributed by atoms with Crippen LogP contribution in [-0.2, 0) is 20.7 Å². The zero-order chi connectivity index (χ0) is 37.1. The van der Waals surface area contributed by atoms with Crippen LogP contribution in [0.2, 0.25) is 10.3 Å². The molecule has 0 amide bonds. The van der Waals surface area contributed by atoms with E-state index in [0.29, 0.717) is 11.8 Å². The fraction of sp³-hybridized carbons (Fsp3) is 0.343. The van der Waals surface area contributed by atoms with E-state index in [4.69, 9.17) is 32.7 Å². The molecule has 0 spiro atoms. The van der Waals surface area contributed by atoms with Gasteiger partial charge < -0.3 is 14.3 Å². The van der Waals surface area contributed by atoms with Crippen LogP contribution in [0.3, 0.4) is 0 Å². The SMILES string of the molecule is C1CCOC1.CC(=O)c1nn(C(C)c2cccc(F)c2F)c(Cl)c1CC=O.COC=Cc1c(C(C)=O)nn(C(C)c2cccc(F)c2F)c1Cl.Cl. The number of hydrogen-bond acceptors (Lipinski definition) is 7. The lowest BCUT2D eigenvalue weighted by atomic mass is 10.1. The highest BCUT2D eigenvalue weighted by Gasteiger charge is 2.26. The first-order valence-corrected chi connectivity index (χ1v) is 16.2. The second-order valence-electron chi connectivity index (χ2n) is 11.0. The van der Waals surface area contributed by atoms with Crippen molar-refractivity contribution >= 4 is 59.5 Å². The number of aromatic nitrogens is 4. The molecule has 3 heterocycles. The molecule has 2 unspecified atom stereocenters. The minimum Gasteiger partial charge on any atom is -0.504 e. The molecule has 51 heavy (non-hydrogen) atoms. The predicted molar refractivity (Wildman–Crippen MR) is 188 cm³/mol. The Hall–Kier alpha value is -4.04. The number of benzene rings is 2. The number of carbonyl (C=O) groups is 3. The number of carbonyl (C=O) groups excluding carboxylic acids is 3. The molecule has 0 bridgehead atoms. The molecule has 16 heteroatoms. The maximum atomic E-state index is 14.0. The highest BCUT2D eigenvalue weighted by atomic mass is 35.5. The summed E-state index contributed by atoms with van der Waals surface area (Å²) >= 11 is 12.4. The maximum Gasteiger partial charge on any atom is 0.180 e. The molecule has 5 rings (SSSR count). The Bertz CT molecular complexity index is 1850. The third kappa shape index (κ3) is 10.5. The molecule has 0 saturated carbocycles. The van der Waals surface area contributed by atoms with E-state index in [2.05, 4.69) is 10.2 Å². The van der Waals surface area contributed by atoms with Gasteiger partial charge in [0, 0.05) is 55.7 Å². The van der Waals surface area contributed by atoms with E-state index < -0.39 is 35.4 Å². The number of Topliss-reactive ketones (excluding diaryl/α,β-unsaturated/α-hetero) is 2. The third-order valence-electron chi connectivity index (χ3n) is 7.58. The lowest BCUT2D eigenvalue weighted by molar-refractivity contribution is -0.107. The molecular weight excluding hydrogens is 739 g/mol. The quantitative estimate of drug-likeness (QED) is 0.0686. The van der Waals surface area contributed by atoms with Gasteiger partial charge in [-0.15, -0.1) is 12.4 Å². The number of nitrogens with zero attached hydrogens (tertiary/aromatic N) is 4. The summed E-state index contributed by atoms with van der Waals surface area (Å²) in [5.74, 6) is -4.55. The van der Waals surface area contributed by atoms with Gasteiger partial charge in [-0.05, 0) is 44.9 Å². The van der Waals surface area contributed by atoms with Crippen LogP contribution < -0.4 is 0 Å². The zero-order valence-electron chi connectivity index (χ0n) is 28.4. The molecular formula is C35H37Cl3F4N4O5. The van der Waals surface area contributed by atoms with Gasteiger partial charge in [-0.1, -0.05) is 47.5 Å². The Morgan fingerprint density at radius 3 is 1.75 bits per heavy atom. The highest BCUT2D eigenvalue weighted by Crippen LogP contribution is 2.31. The lowest BCUT2D eigenvalue weighted by Crippen LogP contribution is -2.12. The smallest absolute Gasteiger partial charge is 0.180 e. The lowest BCUT2D eigenvalue weighted by Gasteiger charge is -2.15. The molecule has 0 radical (unpaired) electrons. The molecule has 2 aromatic carbocycles. The summed E-state index contributed by atoms with van der Waals surface area (Å²) < 4.78 is 66.9. The molecule has 9 nitrogen and oxygen atoms in total. The van der Waals surface area contributed by atoms with Crippen molar-refractivity contribution in [1.29, 1.82) is 0 Å². The standard InChI is InChI=1S/C16H15ClF2N2O2.C15H13ClF2N2O2.C4H8O.ClH/c1-9(11-5-4-6-13(18)14(11)19)21-16(17)12(7-8-23-3)15(20-21)10(2)22;1-8(10-4-3-5-12(17)13(10)18)20-15(16)11(6-7-21)14(19-20)9(2)22;1-2-4-5-3-1;/h4-9H,1-3H3;3-5,7-8H,6H2,1-2H3;1-4H2;1H. The van der Waals surface area contributed by atoms with Crippen LogP contribution in [0.5, 0.6) is 0 Å². The van der Waals surface area contributed by atoms with Crippen LogP contribution in [0.15, 0.2) is 42.7 Å². The number of aldehydes is 1. The van der Waals surface area contributed by atoms with Crippen LogP contribution >= 0.6 is 35.6 Å². The first-order chi connectivity index (χ1) is 23.8. The minimum atomic E-state index is -0.997. The summed E-state index contributed by atoms with van der Waals surface area (Å²) in [6.07, 6.45) is 5.93. The van der Waals surface area contributed by atoms with Crippen molar-refractivity contribution in [1.82, 2.24) is 19.6 Å². The van der Waals surface area contributed by atoms with Crippen molar-refractivity contribution in [3.8, 4) is 0 Å². The van der Waals surface area contributed by atoms with Gasteiger partial charge in [0.1, 0.15) is 28.0 Å². The van der Waals surface area contributed by atoms with Gasteiger partial charge in [-0.3, -0.25) is 9.59 Å². The monoisotopic (exact) mass is 774 g/mol. The van der Waals surface area contributed by atoms with Gasteiger partial charge in [0.05, 0.1) is 25.5 Å². The Morgan fingerprint density at radius 1 is 0.863 bits per heavy atom. The molecule has 2 aromatic heterocycles. The van der Waals surface area contributed by atoms with E-state index in [0.717, 1.165) is 25.3 Å². The fourth-order valence-electron chi connectivity index (χ4n) is 4.94. The average molecular weight is 776 g/mol. The summed E-state index contributed by atoms with van der Waals surface area (Å²) in [7, 11) is 1.45.